The largest absolute Gasteiger partial charge is 0.376 e. The second-order valence-electron chi connectivity index (χ2n) is 5.65. The number of amides is 1. The fourth-order valence-electron chi connectivity index (χ4n) is 2.12. The first-order valence-electron chi connectivity index (χ1n) is 7.53. The number of rotatable bonds is 6. The Morgan fingerprint density at radius 1 is 1.16 bits per heavy atom. The monoisotopic (exact) mass is 365 g/mol. The Bertz CT molecular complexity index is 882. The van der Waals surface area contributed by atoms with Gasteiger partial charge < -0.3 is 10.6 Å². The van der Waals surface area contributed by atoms with Gasteiger partial charge in [0.25, 0.3) is 0 Å². The standard InChI is InChI=1S/C17H20FN3O3S/c1-12-8-9-13(10-16(12)25(23,24)21(2)3)19-11-17(22)20-15-7-5-4-6-14(15)18/h4-10,19H,11H2,1-3H3,(H,20,22). The summed E-state index contributed by atoms with van der Waals surface area (Å²) >= 11 is 0. The molecule has 0 atom stereocenters. The predicted octanol–water partition coefficient (Wildman–Crippen LogP) is 2.44. The molecule has 2 N–H and O–H groups in total. The van der Waals surface area contributed by atoms with Gasteiger partial charge in [0, 0.05) is 19.8 Å². The number of anilines is 2. The first-order valence-corrected chi connectivity index (χ1v) is 8.97. The quantitative estimate of drug-likeness (QED) is 0.824. The SMILES string of the molecule is Cc1ccc(NCC(=O)Nc2ccccc2F)cc1S(=O)(=O)N(C)C. The average Bonchev–Trinajstić information content (AvgIpc) is 2.56. The highest BCUT2D eigenvalue weighted by Gasteiger charge is 2.20. The van der Waals surface area contributed by atoms with Crippen molar-refractivity contribution in [3.63, 3.8) is 0 Å². The highest BCUT2D eigenvalue weighted by Crippen LogP contribution is 2.22. The van der Waals surface area contributed by atoms with Crippen molar-refractivity contribution in [2.24, 2.45) is 0 Å². The molecular formula is C17H20FN3O3S. The van der Waals surface area contributed by atoms with Crippen LogP contribution in [0.1, 0.15) is 5.56 Å². The molecule has 2 aromatic carbocycles. The molecule has 6 nitrogen and oxygen atoms in total. The molecule has 134 valence electrons. The van der Waals surface area contributed by atoms with E-state index in [9.17, 15) is 17.6 Å². The van der Waals surface area contributed by atoms with E-state index in [1.807, 2.05) is 0 Å². The van der Waals surface area contributed by atoms with Crippen LogP contribution in [-0.2, 0) is 14.8 Å². The topological polar surface area (TPSA) is 78.5 Å². The van der Waals surface area contributed by atoms with Gasteiger partial charge >= 0.3 is 0 Å². The summed E-state index contributed by atoms with van der Waals surface area (Å²) in [6.07, 6.45) is 0. The Hall–Kier alpha value is -2.45. The van der Waals surface area contributed by atoms with E-state index in [2.05, 4.69) is 10.6 Å². The average molecular weight is 365 g/mol. The van der Waals surface area contributed by atoms with Gasteiger partial charge in [0.05, 0.1) is 17.1 Å². The van der Waals surface area contributed by atoms with Gasteiger partial charge in [-0.05, 0) is 36.8 Å². The summed E-state index contributed by atoms with van der Waals surface area (Å²) in [6, 6.07) is 10.7. The van der Waals surface area contributed by atoms with E-state index >= 15 is 0 Å². The molecule has 0 aliphatic heterocycles. The van der Waals surface area contributed by atoms with Gasteiger partial charge in [-0.25, -0.2) is 17.1 Å². The van der Waals surface area contributed by atoms with Gasteiger partial charge in [-0.1, -0.05) is 18.2 Å². The van der Waals surface area contributed by atoms with Crippen LogP contribution in [-0.4, -0.2) is 39.3 Å². The molecule has 0 aliphatic rings. The van der Waals surface area contributed by atoms with Gasteiger partial charge in [-0.3, -0.25) is 4.79 Å². The van der Waals surface area contributed by atoms with Crippen LogP contribution in [0.5, 0.6) is 0 Å². The summed E-state index contributed by atoms with van der Waals surface area (Å²) in [5.74, 6) is -0.965. The van der Waals surface area contributed by atoms with Crippen LogP contribution in [0.4, 0.5) is 15.8 Å². The fourth-order valence-corrected chi connectivity index (χ4v) is 3.27. The minimum absolute atomic E-state index is 0.0917. The summed E-state index contributed by atoms with van der Waals surface area (Å²) in [7, 11) is -0.669. The normalized spacial score (nSPS) is 11.4. The van der Waals surface area contributed by atoms with Crippen molar-refractivity contribution < 1.29 is 17.6 Å². The maximum Gasteiger partial charge on any atom is 0.243 e. The first-order chi connectivity index (χ1) is 11.7. The summed E-state index contributed by atoms with van der Waals surface area (Å²) in [4.78, 5) is 12.1. The number of hydrogen-bond acceptors (Lipinski definition) is 4. The Labute approximate surface area is 146 Å². The van der Waals surface area contributed by atoms with Crippen LogP contribution in [0.2, 0.25) is 0 Å². The number of para-hydroxylation sites is 1. The summed E-state index contributed by atoms with van der Waals surface area (Å²) in [6.45, 7) is 1.57. The number of halogens is 1. The van der Waals surface area contributed by atoms with Crippen molar-refractivity contribution in [2.45, 2.75) is 11.8 Å². The zero-order valence-corrected chi connectivity index (χ0v) is 15.0. The van der Waals surface area contributed by atoms with E-state index in [1.165, 1.54) is 38.4 Å². The molecule has 0 spiro atoms. The number of sulfonamides is 1. The van der Waals surface area contributed by atoms with Gasteiger partial charge in [0.2, 0.25) is 15.9 Å². The Kier molecular flexibility index (Phi) is 5.76. The molecule has 0 saturated heterocycles. The number of carbonyl (C=O) groups excluding carboxylic acids is 1. The van der Waals surface area contributed by atoms with Crippen molar-refractivity contribution in [1.29, 1.82) is 0 Å². The van der Waals surface area contributed by atoms with Gasteiger partial charge in [0.15, 0.2) is 0 Å². The van der Waals surface area contributed by atoms with E-state index in [0.717, 1.165) is 4.31 Å². The Balaban J connectivity index is 2.09. The predicted molar refractivity (Wildman–Crippen MR) is 95.6 cm³/mol. The van der Waals surface area contributed by atoms with E-state index in [1.54, 1.807) is 25.1 Å². The first kappa shape index (κ1) is 18.9. The number of benzene rings is 2. The number of aryl methyl sites for hydroxylation is 1. The van der Waals surface area contributed by atoms with Crippen LogP contribution < -0.4 is 10.6 Å². The van der Waals surface area contributed by atoms with Crippen molar-refractivity contribution in [3.8, 4) is 0 Å². The van der Waals surface area contributed by atoms with Crippen molar-refractivity contribution in [2.75, 3.05) is 31.3 Å². The molecular weight excluding hydrogens is 345 g/mol. The minimum atomic E-state index is -3.58. The molecule has 8 heteroatoms. The van der Waals surface area contributed by atoms with Crippen LogP contribution in [0.3, 0.4) is 0 Å². The molecule has 0 unspecified atom stereocenters. The summed E-state index contributed by atoms with van der Waals surface area (Å²) in [5.41, 5.74) is 1.18. The third-order valence-electron chi connectivity index (χ3n) is 3.55. The molecule has 0 heterocycles. The molecule has 0 fully saturated rings. The van der Waals surface area contributed by atoms with Crippen molar-refractivity contribution in [3.05, 3.63) is 53.8 Å². The second kappa shape index (κ2) is 7.62. The lowest BCUT2D eigenvalue weighted by Crippen LogP contribution is -2.24. The number of nitrogens with one attached hydrogen (secondary N) is 2. The molecule has 0 aromatic heterocycles. The van der Waals surface area contributed by atoms with Gasteiger partial charge in [-0.15, -0.1) is 0 Å². The molecule has 0 radical (unpaired) electrons. The van der Waals surface area contributed by atoms with Gasteiger partial charge in [-0.2, -0.15) is 0 Å². The van der Waals surface area contributed by atoms with Crippen LogP contribution in [0, 0.1) is 12.7 Å². The van der Waals surface area contributed by atoms with Gasteiger partial charge in [0.1, 0.15) is 5.82 Å². The van der Waals surface area contributed by atoms with E-state index in [-0.39, 0.29) is 17.1 Å². The smallest absolute Gasteiger partial charge is 0.243 e. The molecule has 0 saturated carbocycles. The Morgan fingerprint density at radius 2 is 1.84 bits per heavy atom. The third kappa shape index (κ3) is 4.55. The lowest BCUT2D eigenvalue weighted by atomic mass is 10.2. The molecule has 0 bridgehead atoms. The molecule has 2 aromatic rings. The van der Waals surface area contributed by atoms with E-state index < -0.39 is 21.7 Å². The van der Waals surface area contributed by atoms with Crippen LogP contribution in [0.25, 0.3) is 0 Å². The summed E-state index contributed by atoms with van der Waals surface area (Å²) < 4.78 is 39.2. The molecule has 2 rings (SSSR count). The van der Waals surface area contributed by atoms with Crippen LogP contribution >= 0.6 is 0 Å². The fraction of sp³-hybridized carbons (Fsp3) is 0.235. The second-order valence-corrected chi connectivity index (χ2v) is 7.77. The maximum absolute atomic E-state index is 13.5. The van der Waals surface area contributed by atoms with Crippen LogP contribution in [0.15, 0.2) is 47.4 Å². The van der Waals surface area contributed by atoms with E-state index in [0.29, 0.717) is 11.3 Å². The highest BCUT2D eigenvalue weighted by atomic mass is 32.2. The maximum atomic E-state index is 13.5. The molecule has 25 heavy (non-hydrogen) atoms. The zero-order valence-electron chi connectivity index (χ0n) is 14.2. The van der Waals surface area contributed by atoms with Crippen molar-refractivity contribution in [1.82, 2.24) is 4.31 Å². The highest BCUT2D eigenvalue weighted by molar-refractivity contribution is 7.89. The Morgan fingerprint density at radius 3 is 2.48 bits per heavy atom. The molecule has 1 amide bonds. The minimum Gasteiger partial charge on any atom is -0.376 e. The van der Waals surface area contributed by atoms with Crippen molar-refractivity contribution >= 4 is 27.3 Å². The number of carbonyl (C=O) groups is 1. The third-order valence-corrected chi connectivity index (χ3v) is 5.50. The number of hydrogen-bond donors (Lipinski definition) is 2. The molecule has 0 aliphatic carbocycles. The summed E-state index contributed by atoms with van der Waals surface area (Å²) in [5, 5.41) is 5.30. The lowest BCUT2D eigenvalue weighted by Gasteiger charge is -2.15. The lowest BCUT2D eigenvalue weighted by molar-refractivity contribution is -0.114. The van der Waals surface area contributed by atoms with E-state index in [4.69, 9.17) is 0 Å². The number of nitrogens with zero attached hydrogens (tertiary/aromatic N) is 1. The zero-order chi connectivity index (χ0) is 18.6.